The van der Waals surface area contributed by atoms with E-state index < -0.39 is 27.9 Å². The number of rotatable bonds is 8. The molecule has 1 unspecified atom stereocenters. The summed E-state index contributed by atoms with van der Waals surface area (Å²) in [4.78, 5) is 24.8. The van der Waals surface area contributed by atoms with Gasteiger partial charge in [0.1, 0.15) is 6.04 Å². The van der Waals surface area contributed by atoms with E-state index in [1.54, 1.807) is 24.3 Å². The average Bonchev–Trinajstić information content (AvgIpc) is 2.52. The molecule has 0 heterocycles. The highest BCUT2D eigenvalue weighted by Crippen LogP contribution is 2.11. The predicted octanol–water partition coefficient (Wildman–Crippen LogP) is 0.770. The van der Waals surface area contributed by atoms with Gasteiger partial charge in [0, 0.05) is 13.6 Å². The van der Waals surface area contributed by atoms with Gasteiger partial charge in [-0.1, -0.05) is 30.3 Å². The Morgan fingerprint density at radius 2 is 1.78 bits per heavy atom. The fourth-order valence-electron chi connectivity index (χ4n) is 1.95. The Hall–Kier alpha value is -1.93. The van der Waals surface area contributed by atoms with Crippen LogP contribution in [0.25, 0.3) is 0 Å². The molecule has 0 fully saturated rings. The number of carboxylic acids is 1. The van der Waals surface area contributed by atoms with Crippen LogP contribution in [-0.4, -0.2) is 60.0 Å². The van der Waals surface area contributed by atoms with E-state index in [2.05, 4.69) is 0 Å². The third-order valence-corrected chi connectivity index (χ3v) is 5.35. The number of carbonyl (C=O) groups is 2. The summed E-state index contributed by atoms with van der Waals surface area (Å²) in [5, 5.41) is 9.19. The summed E-state index contributed by atoms with van der Waals surface area (Å²) in [6.07, 6.45) is 0. The smallest absolute Gasteiger partial charge is 0.326 e. The molecule has 0 saturated heterocycles. The maximum absolute atomic E-state index is 12.4. The van der Waals surface area contributed by atoms with E-state index in [4.69, 9.17) is 0 Å². The standard InChI is InChI=1S/C15H22N2O5S/c1-4-23(21,22)16(3)11-14(18)17(12(2)15(19)20)10-13-8-6-5-7-9-13/h5-9,12H,4,10-11H2,1-3H3,(H,19,20). The lowest BCUT2D eigenvalue weighted by Crippen LogP contribution is -2.47. The van der Waals surface area contributed by atoms with Gasteiger partial charge in [-0.3, -0.25) is 4.79 Å². The number of aliphatic carboxylic acids is 1. The molecule has 1 N–H and O–H groups in total. The first-order chi connectivity index (χ1) is 10.7. The number of benzene rings is 1. The van der Waals surface area contributed by atoms with Crippen molar-refractivity contribution < 1.29 is 23.1 Å². The first kappa shape index (κ1) is 19.1. The first-order valence-corrected chi connectivity index (χ1v) is 8.80. The Bertz CT molecular complexity index is 645. The third kappa shape index (κ3) is 5.33. The Kier molecular flexibility index (Phi) is 6.71. The van der Waals surface area contributed by atoms with Gasteiger partial charge in [-0.05, 0) is 19.4 Å². The van der Waals surface area contributed by atoms with Gasteiger partial charge in [-0.15, -0.1) is 0 Å². The largest absolute Gasteiger partial charge is 0.480 e. The van der Waals surface area contributed by atoms with Crippen LogP contribution >= 0.6 is 0 Å². The van der Waals surface area contributed by atoms with Gasteiger partial charge in [0.05, 0.1) is 12.3 Å². The van der Waals surface area contributed by atoms with E-state index in [1.807, 2.05) is 6.07 Å². The topological polar surface area (TPSA) is 95.0 Å². The highest BCUT2D eigenvalue weighted by atomic mass is 32.2. The molecule has 1 aromatic rings. The molecule has 0 saturated carbocycles. The van der Waals surface area contributed by atoms with Crippen molar-refractivity contribution in [3.05, 3.63) is 35.9 Å². The van der Waals surface area contributed by atoms with Crippen LogP contribution in [0.1, 0.15) is 19.4 Å². The number of sulfonamides is 1. The second kappa shape index (κ2) is 8.07. The van der Waals surface area contributed by atoms with Crippen LogP contribution in [0.3, 0.4) is 0 Å². The van der Waals surface area contributed by atoms with Gasteiger partial charge in [0.2, 0.25) is 15.9 Å². The van der Waals surface area contributed by atoms with Crippen LogP contribution < -0.4 is 0 Å². The number of hydrogen-bond donors (Lipinski definition) is 1. The zero-order chi connectivity index (χ0) is 17.6. The molecule has 128 valence electrons. The lowest BCUT2D eigenvalue weighted by atomic mass is 10.2. The van der Waals surface area contributed by atoms with Crippen molar-refractivity contribution in [3.8, 4) is 0 Å². The van der Waals surface area contributed by atoms with Crippen LogP contribution in [-0.2, 0) is 26.2 Å². The minimum atomic E-state index is -3.51. The fourth-order valence-corrected chi connectivity index (χ4v) is 2.70. The van der Waals surface area contributed by atoms with Gasteiger partial charge < -0.3 is 10.0 Å². The molecule has 0 aromatic heterocycles. The zero-order valence-electron chi connectivity index (χ0n) is 13.5. The molecule has 1 atom stereocenters. The van der Waals surface area contributed by atoms with Crippen molar-refractivity contribution in [2.24, 2.45) is 0 Å². The summed E-state index contributed by atoms with van der Waals surface area (Å²) in [5.41, 5.74) is 0.773. The number of carboxylic acid groups (broad SMARTS) is 1. The number of carbonyl (C=O) groups excluding carboxylic acids is 1. The molecule has 0 bridgehead atoms. The highest BCUT2D eigenvalue weighted by molar-refractivity contribution is 7.89. The van der Waals surface area contributed by atoms with Crippen LogP contribution in [0.5, 0.6) is 0 Å². The maximum Gasteiger partial charge on any atom is 0.326 e. The summed E-state index contributed by atoms with van der Waals surface area (Å²) in [6, 6.07) is 7.90. The number of amides is 1. The molecule has 23 heavy (non-hydrogen) atoms. The van der Waals surface area contributed by atoms with Crippen molar-refractivity contribution in [1.82, 2.24) is 9.21 Å². The van der Waals surface area contributed by atoms with Gasteiger partial charge in [0.25, 0.3) is 0 Å². The number of hydrogen-bond acceptors (Lipinski definition) is 4. The van der Waals surface area contributed by atoms with Crippen molar-refractivity contribution in [3.63, 3.8) is 0 Å². The molecule has 1 amide bonds. The zero-order valence-corrected chi connectivity index (χ0v) is 14.3. The molecule has 1 rings (SSSR count). The van der Waals surface area contributed by atoms with Gasteiger partial charge in [0.15, 0.2) is 0 Å². The Morgan fingerprint density at radius 1 is 1.22 bits per heavy atom. The first-order valence-electron chi connectivity index (χ1n) is 7.19. The minimum Gasteiger partial charge on any atom is -0.480 e. The van der Waals surface area contributed by atoms with E-state index in [1.165, 1.54) is 25.8 Å². The van der Waals surface area contributed by atoms with Crippen LogP contribution in [0.2, 0.25) is 0 Å². The number of nitrogens with zero attached hydrogens (tertiary/aromatic N) is 2. The minimum absolute atomic E-state index is 0.104. The quantitative estimate of drug-likeness (QED) is 0.753. The molecule has 1 aromatic carbocycles. The molecule has 8 heteroatoms. The van der Waals surface area contributed by atoms with Crippen LogP contribution in [0, 0.1) is 0 Å². The summed E-state index contributed by atoms with van der Waals surface area (Å²) in [7, 11) is -2.20. The molecule has 0 aliphatic rings. The lowest BCUT2D eigenvalue weighted by molar-refractivity contribution is -0.150. The normalized spacial score (nSPS) is 12.9. The van der Waals surface area contributed by atoms with Gasteiger partial charge >= 0.3 is 5.97 Å². The fraction of sp³-hybridized carbons (Fsp3) is 0.467. The third-order valence-electron chi connectivity index (χ3n) is 3.54. The molecule has 0 aliphatic heterocycles. The van der Waals surface area contributed by atoms with E-state index in [9.17, 15) is 23.1 Å². The summed E-state index contributed by atoms with van der Waals surface area (Å²) >= 11 is 0. The molecular weight excluding hydrogens is 320 g/mol. The van der Waals surface area contributed by atoms with E-state index in [0.717, 1.165) is 9.87 Å². The molecular formula is C15H22N2O5S. The Morgan fingerprint density at radius 3 is 2.26 bits per heavy atom. The van der Waals surface area contributed by atoms with Crippen molar-refractivity contribution >= 4 is 21.9 Å². The molecule has 7 nitrogen and oxygen atoms in total. The maximum atomic E-state index is 12.4. The molecule has 0 spiro atoms. The summed E-state index contributed by atoms with van der Waals surface area (Å²) < 4.78 is 24.5. The van der Waals surface area contributed by atoms with E-state index in [-0.39, 0.29) is 18.8 Å². The van der Waals surface area contributed by atoms with Crippen LogP contribution in [0.4, 0.5) is 0 Å². The van der Waals surface area contributed by atoms with E-state index >= 15 is 0 Å². The Labute approximate surface area is 136 Å². The van der Waals surface area contributed by atoms with Crippen molar-refractivity contribution in [1.29, 1.82) is 0 Å². The average molecular weight is 342 g/mol. The molecule has 0 aliphatic carbocycles. The molecule has 0 radical (unpaired) electrons. The van der Waals surface area contributed by atoms with Crippen LogP contribution in [0.15, 0.2) is 30.3 Å². The van der Waals surface area contributed by atoms with Crippen molar-refractivity contribution in [2.75, 3.05) is 19.3 Å². The Balaban J connectivity index is 2.96. The van der Waals surface area contributed by atoms with Gasteiger partial charge in [-0.2, -0.15) is 4.31 Å². The predicted molar refractivity (Wildman–Crippen MR) is 86.2 cm³/mol. The summed E-state index contributed by atoms with van der Waals surface area (Å²) in [6.45, 7) is 2.60. The SMILES string of the molecule is CCS(=O)(=O)N(C)CC(=O)N(Cc1ccccc1)C(C)C(=O)O. The number of likely N-dealkylation sites (N-methyl/N-ethyl adjacent to an activating group) is 1. The second-order valence-electron chi connectivity index (χ2n) is 5.18. The van der Waals surface area contributed by atoms with Crippen molar-refractivity contribution in [2.45, 2.75) is 26.4 Å². The highest BCUT2D eigenvalue weighted by Gasteiger charge is 2.28. The van der Waals surface area contributed by atoms with Gasteiger partial charge in [-0.25, -0.2) is 13.2 Å². The lowest BCUT2D eigenvalue weighted by Gasteiger charge is -2.28. The van der Waals surface area contributed by atoms with E-state index in [0.29, 0.717) is 0 Å². The summed E-state index contributed by atoms with van der Waals surface area (Å²) in [5.74, 6) is -1.82. The second-order valence-corrected chi connectivity index (χ2v) is 7.54. The monoisotopic (exact) mass is 342 g/mol.